The van der Waals surface area contributed by atoms with Gasteiger partial charge in [-0.05, 0) is 31.0 Å². The first kappa shape index (κ1) is 18.9. The van der Waals surface area contributed by atoms with E-state index in [2.05, 4.69) is 5.32 Å². The van der Waals surface area contributed by atoms with E-state index in [1.165, 1.54) is 9.80 Å². The van der Waals surface area contributed by atoms with Gasteiger partial charge in [0.25, 0.3) is 0 Å². The number of carbonyl (C=O) groups is 4. The maximum absolute atomic E-state index is 12.3. The summed E-state index contributed by atoms with van der Waals surface area (Å²) < 4.78 is 0. The van der Waals surface area contributed by atoms with Crippen LogP contribution in [0.4, 0.5) is 5.69 Å². The molecule has 144 valence electrons. The van der Waals surface area contributed by atoms with Gasteiger partial charge in [0.2, 0.25) is 11.8 Å². The number of hydrogen-bond acceptors (Lipinski definition) is 4. The molecule has 1 aromatic carbocycles. The number of likely N-dealkylation sites (N-methyl/N-ethyl adjacent to an activating group) is 1. The quantitative estimate of drug-likeness (QED) is 0.734. The Morgan fingerprint density at radius 1 is 1.04 bits per heavy atom. The number of anilines is 1. The van der Waals surface area contributed by atoms with Crippen LogP contribution in [0, 0.1) is 0 Å². The highest BCUT2D eigenvalue weighted by molar-refractivity contribution is 6.35. The Morgan fingerprint density at radius 3 is 2.48 bits per heavy atom. The fourth-order valence-electron chi connectivity index (χ4n) is 3.38. The van der Waals surface area contributed by atoms with Crippen molar-refractivity contribution in [3.05, 3.63) is 29.8 Å². The van der Waals surface area contributed by atoms with Crippen LogP contribution in [-0.2, 0) is 25.7 Å². The molecule has 2 aliphatic rings. The average Bonchev–Trinajstić information content (AvgIpc) is 3.04. The summed E-state index contributed by atoms with van der Waals surface area (Å²) in [5.74, 6) is -1.40. The van der Waals surface area contributed by atoms with Crippen molar-refractivity contribution in [3.63, 3.8) is 0 Å². The van der Waals surface area contributed by atoms with Gasteiger partial charge in [-0.1, -0.05) is 12.1 Å². The summed E-state index contributed by atoms with van der Waals surface area (Å²) in [6, 6.07) is 7.31. The highest BCUT2D eigenvalue weighted by Gasteiger charge is 2.32. The van der Waals surface area contributed by atoms with Gasteiger partial charge in [0, 0.05) is 44.8 Å². The third kappa shape index (κ3) is 4.45. The number of benzene rings is 1. The Morgan fingerprint density at radius 2 is 1.78 bits per heavy atom. The zero-order valence-electron chi connectivity index (χ0n) is 15.4. The van der Waals surface area contributed by atoms with Gasteiger partial charge < -0.3 is 20.0 Å². The van der Waals surface area contributed by atoms with E-state index >= 15 is 0 Å². The minimum Gasteiger partial charge on any atom is -0.338 e. The van der Waals surface area contributed by atoms with Crippen molar-refractivity contribution >= 4 is 29.3 Å². The van der Waals surface area contributed by atoms with Crippen molar-refractivity contribution in [1.82, 2.24) is 14.7 Å². The number of hydrogen-bond donors (Lipinski definition) is 1. The van der Waals surface area contributed by atoms with E-state index in [0.717, 1.165) is 18.5 Å². The van der Waals surface area contributed by atoms with Gasteiger partial charge in [0.05, 0.1) is 0 Å². The highest BCUT2D eigenvalue weighted by Crippen LogP contribution is 2.17. The Bertz CT molecular complexity index is 764. The molecule has 2 heterocycles. The van der Waals surface area contributed by atoms with Gasteiger partial charge in [-0.25, -0.2) is 0 Å². The molecule has 2 fully saturated rings. The van der Waals surface area contributed by atoms with Crippen molar-refractivity contribution < 1.29 is 19.2 Å². The Balaban J connectivity index is 1.56. The van der Waals surface area contributed by atoms with Gasteiger partial charge in [0.15, 0.2) is 0 Å². The van der Waals surface area contributed by atoms with E-state index in [1.807, 2.05) is 25.1 Å². The van der Waals surface area contributed by atoms with Crippen LogP contribution in [0.25, 0.3) is 0 Å². The number of likely N-dealkylation sites (tertiary alicyclic amines) is 1. The van der Waals surface area contributed by atoms with Crippen LogP contribution < -0.4 is 5.32 Å². The molecular formula is C19H24N4O4. The van der Waals surface area contributed by atoms with Crippen LogP contribution in [0.15, 0.2) is 24.3 Å². The summed E-state index contributed by atoms with van der Waals surface area (Å²) in [5.41, 5.74) is 1.54. The third-order valence-electron chi connectivity index (χ3n) is 4.87. The molecule has 8 heteroatoms. The van der Waals surface area contributed by atoms with Crippen LogP contribution in [0.1, 0.15) is 25.3 Å². The van der Waals surface area contributed by atoms with E-state index in [9.17, 15) is 19.2 Å². The van der Waals surface area contributed by atoms with Crippen LogP contribution in [0.3, 0.4) is 0 Å². The summed E-state index contributed by atoms with van der Waals surface area (Å²) >= 11 is 0. The lowest BCUT2D eigenvalue weighted by atomic mass is 10.2. The molecule has 2 saturated heterocycles. The molecule has 4 amide bonds. The smallest absolute Gasteiger partial charge is 0.312 e. The summed E-state index contributed by atoms with van der Waals surface area (Å²) in [7, 11) is 0. The molecular weight excluding hydrogens is 348 g/mol. The first-order chi connectivity index (χ1) is 13.0. The van der Waals surface area contributed by atoms with Crippen molar-refractivity contribution in [1.29, 1.82) is 0 Å². The first-order valence-corrected chi connectivity index (χ1v) is 9.22. The summed E-state index contributed by atoms with van der Waals surface area (Å²) in [6.45, 7) is 4.21. The van der Waals surface area contributed by atoms with Crippen LogP contribution in [-0.4, -0.2) is 71.1 Å². The Hall–Kier alpha value is -2.90. The minimum absolute atomic E-state index is 0.152. The molecule has 1 aromatic rings. The molecule has 1 N–H and O–H groups in total. The third-order valence-corrected chi connectivity index (χ3v) is 4.87. The van der Waals surface area contributed by atoms with Crippen molar-refractivity contribution in [3.8, 4) is 0 Å². The van der Waals surface area contributed by atoms with Gasteiger partial charge in [-0.3, -0.25) is 19.2 Å². The molecule has 27 heavy (non-hydrogen) atoms. The zero-order chi connectivity index (χ0) is 19.4. The molecule has 0 spiro atoms. The summed E-state index contributed by atoms with van der Waals surface area (Å²) in [4.78, 5) is 52.6. The average molecular weight is 372 g/mol. The first-order valence-electron chi connectivity index (χ1n) is 9.22. The van der Waals surface area contributed by atoms with Crippen LogP contribution in [0.2, 0.25) is 0 Å². The fraction of sp³-hybridized carbons (Fsp3) is 0.474. The van der Waals surface area contributed by atoms with Gasteiger partial charge in [-0.15, -0.1) is 0 Å². The molecule has 0 saturated carbocycles. The monoisotopic (exact) mass is 372 g/mol. The lowest BCUT2D eigenvalue weighted by Crippen LogP contribution is -2.55. The van der Waals surface area contributed by atoms with Crippen molar-refractivity contribution in [2.75, 3.05) is 38.0 Å². The lowest BCUT2D eigenvalue weighted by Gasteiger charge is -2.32. The van der Waals surface area contributed by atoms with Gasteiger partial charge >= 0.3 is 11.8 Å². The van der Waals surface area contributed by atoms with Gasteiger partial charge in [0.1, 0.15) is 6.54 Å². The predicted octanol–water partition coefficient (Wildman–Crippen LogP) is 0.438. The molecule has 0 radical (unpaired) electrons. The minimum atomic E-state index is -0.639. The summed E-state index contributed by atoms with van der Waals surface area (Å²) in [6.07, 6.45) is 1.47. The number of piperazine rings is 1. The SMILES string of the molecule is CCN1CCN(CC(=O)Nc2cccc(CN3CCCC3=O)c2)C(=O)C1=O. The van der Waals surface area contributed by atoms with Crippen molar-refractivity contribution in [2.45, 2.75) is 26.3 Å². The summed E-state index contributed by atoms with van der Waals surface area (Å²) in [5, 5.41) is 2.77. The molecule has 8 nitrogen and oxygen atoms in total. The van der Waals surface area contributed by atoms with Crippen LogP contribution >= 0.6 is 0 Å². The molecule has 0 aromatic heterocycles. The second-order valence-corrected chi connectivity index (χ2v) is 6.78. The lowest BCUT2D eigenvalue weighted by molar-refractivity contribution is -0.156. The normalized spacial score (nSPS) is 17.7. The number of rotatable bonds is 6. The van der Waals surface area contributed by atoms with E-state index < -0.39 is 11.8 Å². The zero-order valence-corrected chi connectivity index (χ0v) is 15.4. The second kappa shape index (κ2) is 8.20. The molecule has 0 aliphatic carbocycles. The maximum Gasteiger partial charge on any atom is 0.312 e. The fourth-order valence-corrected chi connectivity index (χ4v) is 3.38. The topological polar surface area (TPSA) is 90.0 Å². The molecule has 0 atom stereocenters. The predicted molar refractivity (Wildman–Crippen MR) is 98.6 cm³/mol. The number of carbonyl (C=O) groups excluding carboxylic acids is 4. The number of amides is 4. The molecule has 3 rings (SSSR count). The van der Waals surface area contributed by atoms with E-state index in [-0.39, 0.29) is 18.4 Å². The number of nitrogens with zero attached hydrogens (tertiary/aromatic N) is 3. The largest absolute Gasteiger partial charge is 0.338 e. The van der Waals surface area contributed by atoms with E-state index in [0.29, 0.717) is 38.3 Å². The molecule has 0 unspecified atom stereocenters. The standard InChI is InChI=1S/C19H24N4O4/c1-2-21-9-10-23(19(27)18(21)26)13-16(24)20-15-6-3-5-14(11-15)12-22-8-4-7-17(22)25/h3,5-6,11H,2,4,7-10,12-13H2,1H3,(H,20,24). The highest BCUT2D eigenvalue weighted by atomic mass is 16.2. The van der Waals surface area contributed by atoms with Crippen LogP contribution in [0.5, 0.6) is 0 Å². The van der Waals surface area contributed by atoms with Crippen molar-refractivity contribution in [2.24, 2.45) is 0 Å². The Kier molecular flexibility index (Phi) is 5.73. The second-order valence-electron chi connectivity index (χ2n) is 6.78. The van der Waals surface area contributed by atoms with Gasteiger partial charge in [-0.2, -0.15) is 0 Å². The maximum atomic E-state index is 12.3. The molecule has 2 aliphatic heterocycles. The Labute approximate surface area is 158 Å². The van der Waals surface area contributed by atoms with E-state index in [1.54, 1.807) is 11.0 Å². The van der Waals surface area contributed by atoms with E-state index in [4.69, 9.17) is 0 Å². The number of nitrogens with one attached hydrogen (secondary N) is 1. The molecule has 0 bridgehead atoms.